The van der Waals surface area contributed by atoms with Crippen molar-refractivity contribution in [3.8, 4) is 0 Å². The van der Waals surface area contributed by atoms with Gasteiger partial charge in [0.05, 0.1) is 20.6 Å². The van der Waals surface area contributed by atoms with Gasteiger partial charge in [0.25, 0.3) is 0 Å². The summed E-state index contributed by atoms with van der Waals surface area (Å²) in [6.45, 7) is 5.33. The Morgan fingerprint density at radius 1 is 1.26 bits per heavy atom. The van der Waals surface area contributed by atoms with Gasteiger partial charge in [0.1, 0.15) is 12.6 Å². The van der Waals surface area contributed by atoms with Crippen LogP contribution in [0.1, 0.15) is 44.9 Å². The fourth-order valence-electron chi connectivity index (χ4n) is 2.24. The molecule has 0 aliphatic carbocycles. The molecule has 0 saturated heterocycles. The molecular formula is C15H30NO3+. The summed E-state index contributed by atoms with van der Waals surface area (Å²) < 4.78 is 0.752. The molecule has 4 nitrogen and oxygen atoms in total. The summed E-state index contributed by atoms with van der Waals surface area (Å²) in [4.78, 5) is 10.4. The van der Waals surface area contributed by atoms with Crippen LogP contribution in [0.4, 0.5) is 0 Å². The van der Waals surface area contributed by atoms with Crippen molar-refractivity contribution < 1.29 is 19.5 Å². The first-order valence-electron chi connectivity index (χ1n) is 7.20. The predicted molar refractivity (Wildman–Crippen MR) is 78.0 cm³/mol. The molecule has 0 aromatic carbocycles. The zero-order valence-electron chi connectivity index (χ0n) is 12.5. The molecule has 0 heterocycles. The Bertz CT molecular complexity index is 264. The molecule has 0 bridgehead atoms. The molecule has 0 aliphatic rings. The Balaban J connectivity index is 3.73. The lowest BCUT2D eigenvalue weighted by atomic mass is 10.1. The van der Waals surface area contributed by atoms with E-state index in [-0.39, 0.29) is 12.5 Å². The van der Waals surface area contributed by atoms with Crippen LogP contribution in [0.3, 0.4) is 0 Å². The first kappa shape index (κ1) is 18.1. The first-order chi connectivity index (χ1) is 8.87. The number of likely N-dealkylation sites (N-methyl/N-ethyl adjacent to an activating group) is 1. The standard InChI is InChI=1S/C15H29NO3/c1-4-5-6-7-10-14(17)13-16(2,3)12-9-8-11-15(18)19/h4,14,17H,1,5-13H2,2-3H3/p+1. The smallest absolute Gasteiger partial charge is 0.303 e. The topological polar surface area (TPSA) is 57.5 Å². The van der Waals surface area contributed by atoms with Crippen LogP contribution in [0.15, 0.2) is 12.7 Å². The van der Waals surface area contributed by atoms with E-state index in [9.17, 15) is 9.90 Å². The van der Waals surface area contributed by atoms with Crippen LogP contribution in [-0.4, -0.2) is 54.0 Å². The Labute approximate surface area is 117 Å². The van der Waals surface area contributed by atoms with Crippen molar-refractivity contribution in [2.45, 2.75) is 51.0 Å². The van der Waals surface area contributed by atoms with Gasteiger partial charge < -0.3 is 14.7 Å². The molecule has 19 heavy (non-hydrogen) atoms. The molecule has 0 aromatic rings. The number of carboxylic acids is 1. The number of allylic oxidation sites excluding steroid dienone is 1. The van der Waals surface area contributed by atoms with E-state index in [4.69, 9.17) is 5.11 Å². The molecular weight excluding hydrogens is 242 g/mol. The van der Waals surface area contributed by atoms with Gasteiger partial charge in [0.15, 0.2) is 0 Å². The minimum atomic E-state index is -0.729. The highest BCUT2D eigenvalue weighted by molar-refractivity contribution is 5.66. The van der Waals surface area contributed by atoms with Gasteiger partial charge in [-0.1, -0.05) is 12.5 Å². The molecule has 0 spiro atoms. The maximum Gasteiger partial charge on any atom is 0.303 e. The molecule has 0 fully saturated rings. The largest absolute Gasteiger partial charge is 0.481 e. The van der Waals surface area contributed by atoms with Crippen LogP contribution in [-0.2, 0) is 4.79 Å². The molecule has 4 heteroatoms. The molecule has 0 amide bonds. The minimum absolute atomic E-state index is 0.240. The second kappa shape index (κ2) is 9.98. The normalized spacial score (nSPS) is 13.2. The average molecular weight is 272 g/mol. The van der Waals surface area contributed by atoms with E-state index >= 15 is 0 Å². The quantitative estimate of drug-likeness (QED) is 0.326. The lowest BCUT2D eigenvalue weighted by Gasteiger charge is -2.32. The number of aliphatic hydroxyl groups excluding tert-OH is 1. The third-order valence-corrected chi connectivity index (χ3v) is 3.30. The van der Waals surface area contributed by atoms with Gasteiger partial charge in [-0.3, -0.25) is 4.79 Å². The molecule has 0 saturated carbocycles. The van der Waals surface area contributed by atoms with Crippen LogP contribution in [0.2, 0.25) is 0 Å². The third-order valence-electron chi connectivity index (χ3n) is 3.30. The van der Waals surface area contributed by atoms with Crippen molar-refractivity contribution in [3.05, 3.63) is 12.7 Å². The average Bonchev–Trinajstić information content (AvgIpc) is 2.29. The van der Waals surface area contributed by atoms with E-state index < -0.39 is 5.97 Å². The highest BCUT2D eigenvalue weighted by Gasteiger charge is 2.19. The maximum absolute atomic E-state index is 10.4. The Hall–Kier alpha value is -0.870. The molecule has 112 valence electrons. The molecule has 2 N–H and O–H groups in total. The lowest BCUT2D eigenvalue weighted by molar-refractivity contribution is -0.893. The highest BCUT2D eigenvalue weighted by Crippen LogP contribution is 2.10. The fraction of sp³-hybridized carbons (Fsp3) is 0.800. The van der Waals surface area contributed by atoms with E-state index in [0.717, 1.165) is 49.7 Å². The Morgan fingerprint density at radius 3 is 2.53 bits per heavy atom. The predicted octanol–water partition coefficient (Wildman–Crippen LogP) is 2.42. The van der Waals surface area contributed by atoms with Crippen LogP contribution in [0, 0.1) is 0 Å². The number of carbonyl (C=O) groups is 1. The number of hydrogen-bond acceptors (Lipinski definition) is 2. The molecule has 0 rings (SSSR count). The number of nitrogens with zero attached hydrogens (tertiary/aromatic N) is 1. The van der Waals surface area contributed by atoms with Crippen molar-refractivity contribution >= 4 is 5.97 Å². The van der Waals surface area contributed by atoms with Crippen LogP contribution < -0.4 is 0 Å². The maximum atomic E-state index is 10.4. The van der Waals surface area contributed by atoms with Crippen LogP contribution in [0.25, 0.3) is 0 Å². The number of quaternary nitrogens is 1. The van der Waals surface area contributed by atoms with Gasteiger partial charge in [-0.2, -0.15) is 0 Å². The zero-order valence-corrected chi connectivity index (χ0v) is 12.5. The first-order valence-corrected chi connectivity index (χ1v) is 7.20. The van der Waals surface area contributed by atoms with E-state index in [0.29, 0.717) is 6.42 Å². The van der Waals surface area contributed by atoms with Crippen molar-refractivity contribution in [1.29, 1.82) is 0 Å². The van der Waals surface area contributed by atoms with E-state index in [1.807, 2.05) is 6.08 Å². The number of hydrogen-bond donors (Lipinski definition) is 2. The summed E-state index contributed by atoms with van der Waals surface area (Å²) in [7, 11) is 4.18. The number of unbranched alkanes of at least 4 members (excludes halogenated alkanes) is 3. The summed E-state index contributed by atoms with van der Waals surface area (Å²) >= 11 is 0. The van der Waals surface area contributed by atoms with Crippen molar-refractivity contribution in [2.75, 3.05) is 27.2 Å². The molecule has 0 aromatic heterocycles. The van der Waals surface area contributed by atoms with Crippen LogP contribution >= 0.6 is 0 Å². The SMILES string of the molecule is C=CCCCCC(O)C[N+](C)(C)CCCCC(=O)O. The van der Waals surface area contributed by atoms with Crippen molar-refractivity contribution in [3.63, 3.8) is 0 Å². The van der Waals surface area contributed by atoms with E-state index in [2.05, 4.69) is 20.7 Å². The van der Waals surface area contributed by atoms with E-state index in [1.54, 1.807) is 0 Å². The Kier molecular flexibility index (Phi) is 9.53. The lowest BCUT2D eigenvalue weighted by Crippen LogP contribution is -2.46. The zero-order chi connectivity index (χ0) is 14.7. The van der Waals surface area contributed by atoms with Crippen LogP contribution in [0.5, 0.6) is 0 Å². The van der Waals surface area contributed by atoms with Crippen molar-refractivity contribution in [2.24, 2.45) is 0 Å². The monoisotopic (exact) mass is 272 g/mol. The number of aliphatic carboxylic acids is 1. The summed E-state index contributed by atoms with van der Waals surface area (Å²) in [6, 6.07) is 0. The molecule has 1 unspecified atom stereocenters. The summed E-state index contributed by atoms with van der Waals surface area (Å²) in [5.41, 5.74) is 0. The second-order valence-electron chi connectivity index (χ2n) is 5.92. The third kappa shape index (κ3) is 11.9. The van der Waals surface area contributed by atoms with Crippen molar-refractivity contribution in [1.82, 2.24) is 0 Å². The number of aliphatic hydroxyl groups is 1. The van der Waals surface area contributed by atoms with Gasteiger partial charge in [-0.15, -0.1) is 6.58 Å². The van der Waals surface area contributed by atoms with E-state index in [1.165, 1.54) is 0 Å². The van der Waals surface area contributed by atoms with Gasteiger partial charge >= 0.3 is 5.97 Å². The summed E-state index contributed by atoms with van der Waals surface area (Å²) in [6.07, 6.45) is 7.47. The highest BCUT2D eigenvalue weighted by atomic mass is 16.4. The fourth-order valence-corrected chi connectivity index (χ4v) is 2.24. The van der Waals surface area contributed by atoms with Gasteiger partial charge in [0, 0.05) is 6.42 Å². The summed E-state index contributed by atoms with van der Waals surface area (Å²) in [5.74, 6) is -0.729. The van der Waals surface area contributed by atoms with Gasteiger partial charge in [-0.05, 0) is 32.1 Å². The summed E-state index contributed by atoms with van der Waals surface area (Å²) in [5, 5.41) is 18.6. The molecule has 0 aliphatic heterocycles. The Morgan fingerprint density at radius 2 is 1.95 bits per heavy atom. The second-order valence-corrected chi connectivity index (χ2v) is 5.92. The molecule has 0 radical (unpaired) electrons. The minimum Gasteiger partial charge on any atom is -0.481 e. The van der Waals surface area contributed by atoms with Gasteiger partial charge in [0.2, 0.25) is 0 Å². The molecule has 1 atom stereocenters. The van der Waals surface area contributed by atoms with Gasteiger partial charge in [-0.25, -0.2) is 0 Å². The number of rotatable bonds is 12. The number of carboxylic acid groups (broad SMARTS) is 1.